The van der Waals surface area contributed by atoms with E-state index < -0.39 is 5.82 Å². The van der Waals surface area contributed by atoms with E-state index in [0.29, 0.717) is 25.3 Å². The molecule has 1 fully saturated rings. The maximum Gasteiger partial charge on any atom is 0.272 e. The number of nitrogens with two attached hydrogens (primary N) is 1. The van der Waals surface area contributed by atoms with Gasteiger partial charge in [0.15, 0.2) is 0 Å². The molecule has 1 amide bonds. The molecule has 1 saturated heterocycles. The van der Waals surface area contributed by atoms with E-state index in [1.807, 2.05) is 0 Å². The maximum atomic E-state index is 12.7. The van der Waals surface area contributed by atoms with Crippen LogP contribution in [-0.4, -0.2) is 35.4 Å². The highest BCUT2D eigenvalue weighted by atomic mass is 19.1. The normalized spacial score (nSPS) is 18.7. The van der Waals surface area contributed by atoms with Crippen LogP contribution in [0, 0.1) is 11.2 Å². The molecule has 2 N–H and O–H groups in total. The van der Waals surface area contributed by atoms with Gasteiger partial charge in [-0.1, -0.05) is 6.92 Å². The Morgan fingerprint density at radius 3 is 2.67 bits per heavy atom. The molecule has 4 nitrogen and oxygen atoms in total. The van der Waals surface area contributed by atoms with Crippen LogP contribution in [0.4, 0.5) is 4.39 Å². The predicted octanol–water partition coefficient (Wildman–Crippen LogP) is 1.42. The van der Waals surface area contributed by atoms with Crippen molar-refractivity contribution in [1.29, 1.82) is 0 Å². The zero-order valence-corrected chi connectivity index (χ0v) is 10.5. The first-order valence-electron chi connectivity index (χ1n) is 6.15. The summed E-state index contributed by atoms with van der Waals surface area (Å²) >= 11 is 0. The Bertz CT molecular complexity index is 424. The molecule has 0 unspecified atom stereocenters. The molecule has 0 aromatic carbocycles. The summed E-state index contributed by atoms with van der Waals surface area (Å²) in [5.74, 6) is -0.560. The lowest BCUT2D eigenvalue weighted by molar-refractivity contribution is 0.0611. The summed E-state index contributed by atoms with van der Waals surface area (Å²) in [6.07, 6.45) is 2.87. The van der Waals surface area contributed by atoms with E-state index in [0.717, 1.165) is 19.0 Å². The van der Waals surface area contributed by atoms with Gasteiger partial charge in [-0.2, -0.15) is 0 Å². The predicted molar refractivity (Wildman–Crippen MR) is 66.5 cm³/mol. The summed E-state index contributed by atoms with van der Waals surface area (Å²) in [4.78, 5) is 17.7. The van der Waals surface area contributed by atoms with Crippen molar-refractivity contribution >= 4 is 5.91 Å². The second kappa shape index (κ2) is 5.02. The van der Waals surface area contributed by atoms with Gasteiger partial charge in [-0.25, -0.2) is 9.37 Å². The lowest BCUT2D eigenvalue weighted by atomic mass is 9.80. The Morgan fingerprint density at radius 2 is 2.17 bits per heavy atom. The van der Waals surface area contributed by atoms with Gasteiger partial charge in [-0.3, -0.25) is 4.79 Å². The van der Waals surface area contributed by atoms with Gasteiger partial charge in [0.2, 0.25) is 0 Å². The number of pyridine rings is 1. The molecule has 1 aromatic rings. The molecule has 0 atom stereocenters. The van der Waals surface area contributed by atoms with Gasteiger partial charge < -0.3 is 10.6 Å². The number of halogens is 1. The van der Waals surface area contributed by atoms with Crippen molar-refractivity contribution in [2.24, 2.45) is 11.1 Å². The summed E-state index contributed by atoms with van der Waals surface area (Å²) in [5.41, 5.74) is 6.16. The lowest BCUT2D eigenvalue weighted by Crippen LogP contribution is -2.44. The Hall–Kier alpha value is -1.49. The second-order valence-corrected chi connectivity index (χ2v) is 5.17. The first-order valence-corrected chi connectivity index (χ1v) is 6.15. The zero-order chi connectivity index (χ0) is 13.2. The standard InChI is InChI=1S/C13H18FN3O/c1-13(9-15)4-6-17(7-5-13)12(18)11-3-2-10(14)8-16-11/h2-3,8H,4-7,9,15H2,1H3. The third-order valence-electron chi connectivity index (χ3n) is 3.70. The molecule has 98 valence electrons. The van der Waals surface area contributed by atoms with Crippen LogP contribution in [0.15, 0.2) is 18.3 Å². The Kier molecular flexibility index (Phi) is 3.61. The molecule has 5 heteroatoms. The van der Waals surface area contributed by atoms with Gasteiger partial charge in [-0.15, -0.1) is 0 Å². The molecule has 1 aromatic heterocycles. The highest BCUT2D eigenvalue weighted by Crippen LogP contribution is 2.29. The van der Waals surface area contributed by atoms with E-state index in [2.05, 4.69) is 11.9 Å². The molecule has 2 heterocycles. The Morgan fingerprint density at radius 1 is 1.50 bits per heavy atom. The number of rotatable bonds is 2. The molecule has 2 rings (SSSR count). The molecule has 0 radical (unpaired) electrons. The van der Waals surface area contributed by atoms with Gasteiger partial charge >= 0.3 is 0 Å². The minimum Gasteiger partial charge on any atom is -0.337 e. The fourth-order valence-corrected chi connectivity index (χ4v) is 2.12. The average Bonchev–Trinajstić information content (AvgIpc) is 2.40. The lowest BCUT2D eigenvalue weighted by Gasteiger charge is -2.38. The van der Waals surface area contributed by atoms with Crippen molar-refractivity contribution in [2.75, 3.05) is 19.6 Å². The highest BCUT2D eigenvalue weighted by Gasteiger charge is 2.31. The van der Waals surface area contributed by atoms with E-state index in [4.69, 9.17) is 5.73 Å². The van der Waals surface area contributed by atoms with Crippen molar-refractivity contribution < 1.29 is 9.18 Å². The van der Waals surface area contributed by atoms with Gasteiger partial charge in [0, 0.05) is 13.1 Å². The summed E-state index contributed by atoms with van der Waals surface area (Å²) < 4.78 is 12.7. The highest BCUT2D eigenvalue weighted by molar-refractivity contribution is 5.92. The van der Waals surface area contributed by atoms with Crippen molar-refractivity contribution in [3.05, 3.63) is 29.8 Å². The Balaban J connectivity index is 2.01. The quantitative estimate of drug-likeness (QED) is 0.864. The van der Waals surface area contributed by atoms with Crippen LogP contribution in [0.25, 0.3) is 0 Å². The average molecular weight is 251 g/mol. The van der Waals surface area contributed by atoms with Crippen LogP contribution in [-0.2, 0) is 0 Å². The van der Waals surface area contributed by atoms with E-state index in [-0.39, 0.29) is 11.3 Å². The molecular weight excluding hydrogens is 233 g/mol. The summed E-state index contributed by atoms with van der Waals surface area (Å²) in [5, 5.41) is 0. The summed E-state index contributed by atoms with van der Waals surface area (Å²) in [7, 11) is 0. The number of aromatic nitrogens is 1. The molecule has 0 aliphatic carbocycles. The minimum atomic E-state index is -0.430. The van der Waals surface area contributed by atoms with Crippen LogP contribution < -0.4 is 5.73 Å². The number of likely N-dealkylation sites (tertiary alicyclic amines) is 1. The van der Waals surface area contributed by atoms with Crippen molar-refractivity contribution in [3.63, 3.8) is 0 Å². The van der Waals surface area contributed by atoms with Gasteiger partial charge in [0.05, 0.1) is 6.20 Å². The molecule has 1 aliphatic rings. The third-order valence-corrected chi connectivity index (χ3v) is 3.70. The monoisotopic (exact) mass is 251 g/mol. The minimum absolute atomic E-state index is 0.130. The molecule has 18 heavy (non-hydrogen) atoms. The number of nitrogens with zero attached hydrogens (tertiary/aromatic N) is 2. The maximum absolute atomic E-state index is 12.7. The first kappa shape index (κ1) is 13.0. The van der Waals surface area contributed by atoms with E-state index in [1.54, 1.807) is 4.90 Å². The molecule has 0 bridgehead atoms. The number of carbonyl (C=O) groups is 1. The number of piperidine rings is 1. The Labute approximate surface area is 106 Å². The van der Waals surface area contributed by atoms with E-state index in [1.165, 1.54) is 12.1 Å². The summed E-state index contributed by atoms with van der Waals surface area (Å²) in [6, 6.07) is 2.68. The van der Waals surface area contributed by atoms with Crippen molar-refractivity contribution in [2.45, 2.75) is 19.8 Å². The van der Waals surface area contributed by atoms with E-state index in [9.17, 15) is 9.18 Å². The molecule has 1 aliphatic heterocycles. The van der Waals surface area contributed by atoms with Crippen molar-refractivity contribution in [1.82, 2.24) is 9.88 Å². The third kappa shape index (κ3) is 2.67. The van der Waals surface area contributed by atoms with Gasteiger partial charge in [0.25, 0.3) is 5.91 Å². The number of hydrogen-bond acceptors (Lipinski definition) is 3. The molecular formula is C13H18FN3O. The first-order chi connectivity index (χ1) is 8.54. The van der Waals surface area contributed by atoms with Crippen LogP contribution in [0.5, 0.6) is 0 Å². The topological polar surface area (TPSA) is 59.2 Å². The molecule has 0 spiro atoms. The van der Waals surface area contributed by atoms with Crippen LogP contribution in [0.3, 0.4) is 0 Å². The van der Waals surface area contributed by atoms with Crippen LogP contribution >= 0.6 is 0 Å². The van der Waals surface area contributed by atoms with Gasteiger partial charge in [0.1, 0.15) is 11.5 Å². The van der Waals surface area contributed by atoms with E-state index >= 15 is 0 Å². The smallest absolute Gasteiger partial charge is 0.272 e. The number of carbonyl (C=O) groups excluding carboxylic acids is 1. The van der Waals surface area contributed by atoms with Crippen molar-refractivity contribution in [3.8, 4) is 0 Å². The number of amides is 1. The SMILES string of the molecule is CC1(CN)CCN(C(=O)c2ccc(F)cn2)CC1. The fraction of sp³-hybridized carbons (Fsp3) is 0.538. The van der Waals surface area contributed by atoms with Crippen LogP contribution in [0.1, 0.15) is 30.3 Å². The zero-order valence-electron chi connectivity index (χ0n) is 10.5. The van der Waals surface area contributed by atoms with Gasteiger partial charge in [-0.05, 0) is 36.9 Å². The summed E-state index contributed by atoms with van der Waals surface area (Å²) in [6.45, 7) is 4.16. The van der Waals surface area contributed by atoms with Crippen LogP contribution in [0.2, 0.25) is 0 Å². The fourth-order valence-electron chi connectivity index (χ4n) is 2.12. The number of hydrogen-bond donors (Lipinski definition) is 1. The largest absolute Gasteiger partial charge is 0.337 e. The second-order valence-electron chi connectivity index (χ2n) is 5.17. The molecule has 0 saturated carbocycles.